The molecule has 2 aliphatic heterocycles. The maximum Gasteiger partial charge on any atom is 0.410 e. The number of H-pyrrole nitrogens is 2. The summed E-state index contributed by atoms with van der Waals surface area (Å²) < 4.78 is 12.5. The summed E-state index contributed by atoms with van der Waals surface area (Å²) in [5.74, 6) is 1.11. The van der Waals surface area contributed by atoms with E-state index in [-0.39, 0.29) is 23.7 Å². The highest BCUT2D eigenvalue weighted by Gasteiger charge is 2.31. The molecule has 2 fully saturated rings. The summed E-state index contributed by atoms with van der Waals surface area (Å²) in [6.07, 6.45) is 3.84. The molecule has 0 unspecified atom stereocenters. The number of imidazole rings is 1. The number of nitrogens with one attached hydrogen (secondary N) is 2. The number of rotatable bonds is 5. The van der Waals surface area contributed by atoms with E-state index >= 15 is 0 Å². The molecule has 4 heterocycles. The van der Waals surface area contributed by atoms with Crippen molar-refractivity contribution in [3.8, 4) is 5.95 Å². The van der Waals surface area contributed by atoms with E-state index in [2.05, 4.69) is 15.1 Å². The predicted molar refractivity (Wildman–Crippen MR) is 128 cm³/mol. The van der Waals surface area contributed by atoms with Gasteiger partial charge in [-0.3, -0.25) is 9.89 Å². The highest BCUT2D eigenvalue weighted by molar-refractivity contribution is 5.75. The maximum atomic E-state index is 13.6. The number of carbonyl (C=O) groups is 1. The van der Waals surface area contributed by atoms with Crippen LogP contribution < -0.4 is 5.56 Å². The van der Waals surface area contributed by atoms with E-state index in [0.29, 0.717) is 25.0 Å². The molecule has 5 rings (SSSR count). The molecule has 1 aromatic carbocycles. The van der Waals surface area contributed by atoms with Crippen molar-refractivity contribution in [2.75, 3.05) is 26.3 Å². The van der Waals surface area contributed by atoms with Crippen LogP contribution in [0.4, 0.5) is 4.79 Å². The highest BCUT2D eigenvalue weighted by Crippen LogP contribution is 2.31. The fourth-order valence-corrected chi connectivity index (χ4v) is 5.08. The Labute approximate surface area is 198 Å². The van der Waals surface area contributed by atoms with E-state index in [1.807, 2.05) is 38.1 Å². The summed E-state index contributed by atoms with van der Waals surface area (Å²) in [7, 11) is 0. The van der Waals surface area contributed by atoms with Crippen LogP contribution in [0.3, 0.4) is 0 Å². The minimum Gasteiger partial charge on any atom is -0.447 e. The molecule has 2 N–H and O–H groups in total. The van der Waals surface area contributed by atoms with E-state index in [0.717, 1.165) is 67.6 Å². The first-order chi connectivity index (χ1) is 16.5. The molecule has 1 amide bonds. The molecule has 0 bridgehead atoms. The molecule has 0 radical (unpaired) electrons. The van der Waals surface area contributed by atoms with Crippen LogP contribution in [0.1, 0.15) is 56.7 Å². The molecule has 2 saturated heterocycles. The van der Waals surface area contributed by atoms with Gasteiger partial charge in [0, 0.05) is 43.5 Å². The second-order valence-corrected chi connectivity index (χ2v) is 9.68. The maximum absolute atomic E-state index is 13.6. The van der Waals surface area contributed by atoms with Crippen LogP contribution in [0.15, 0.2) is 29.1 Å². The van der Waals surface area contributed by atoms with Gasteiger partial charge in [0.25, 0.3) is 5.56 Å². The lowest BCUT2D eigenvalue weighted by Crippen LogP contribution is -2.39. The minimum absolute atomic E-state index is 0.0396. The number of nitrogens with zero attached hydrogens (tertiary/aromatic N) is 3. The van der Waals surface area contributed by atoms with Gasteiger partial charge < -0.3 is 19.4 Å². The molecule has 0 aliphatic carbocycles. The molecule has 182 valence electrons. The molecular formula is C25H33N5O4. The van der Waals surface area contributed by atoms with Gasteiger partial charge >= 0.3 is 6.09 Å². The molecule has 2 aliphatic rings. The SMILES string of the molecule is CC(C)OC(=O)N1CCC(c2[nH]n(-c3nc4ccccc4[nH]3)c(=O)c2CC2CCOCC2)CC1. The Morgan fingerprint density at radius 2 is 1.91 bits per heavy atom. The lowest BCUT2D eigenvalue weighted by atomic mass is 9.86. The lowest BCUT2D eigenvalue weighted by Gasteiger charge is -2.32. The summed E-state index contributed by atoms with van der Waals surface area (Å²) in [6, 6.07) is 7.76. The van der Waals surface area contributed by atoms with E-state index in [1.165, 1.54) is 0 Å². The largest absolute Gasteiger partial charge is 0.447 e. The van der Waals surface area contributed by atoms with Gasteiger partial charge in [-0.15, -0.1) is 0 Å². The van der Waals surface area contributed by atoms with Crippen LogP contribution in [0.2, 0.25) is 0 Å². The van der Waals surface area contributed by atoms with E-state index in [4.69, 9.17) is 9.47 Å². The Kier molecular flexibility index (Phi) is 6.45. The summed E-state index contributed by atoms with van der Waals surface area (Å²) in [6.45, 7) is 6.45. The van der Waals surface area contributed by atoms with Crippen molar-refractivity contribution >= 4 is 17.1 Å². The van der Waals surface area contributed by atoms with Crippen LogP contribution in [0, 0.1) is 5.92 Å². The van der Waals surface area contributed by atoms with Crippen LogP contribution in [-0.2, 0) is 15.9 Å². The average molecular weight is 468 g/mol. The zero-order chi connectivity index (χ0) is 23.7. The van der Waals surface area contributed by atoms with Gasteiger partial charge in [0.1, 0.15) is 0 Å². The second kappa shape index (κ2) is 9.66. The molecule has 0 atom stereocenters. The Balaban J connectivity index is 1.44. The van der Waals surface area contributed by atoms with Crippen molar-refractivity contribution in [3.05, 3.63) is 45.9 Å². The summed E-state index contributed by atoms with van der Waals surface area (Å²) in [5.41, 5.74) is 3.50. The molecule has 0 saturated carbocycles. The van der Waals surface area contributed by atoms with Crippen LogP contribution in [0.5, 0.6) is 0 Å². The number of benzene rings is 1. The smallest absolute Gasteiger partial charge is 0.410 e. The number of hydrogen-bond acceptors (Lipinski definition) is 5. The van der Waals surface area contributed by atoms with Crippen molar-refractivity contribution in [1.82, 2.24) is 24.6 Å². The van der Waals surface area contributed by atoms with E-state index < -0.39 is 0 Å². The zero-order valence-electron chi connectivity index (χ0n) is 19.9. The average Bonchev–Trinajstić information content (AvgIpc) is 3.41. The first-order valence-corrected chi connectivity index (χ1v) is 12.3. The number of likely N-dealkylation sites (tertiary alicyclic amines) is 1. The number of amides is 1. The van der Waals surface area contributed by atoms with Crippen LogP contribution in [0.25, 0.3) is 17.0 Å². The van der Waals surface area contributed by atoms with E-state index in [9.17, 15) is 9.59 Å². The second-order valence-electron chi connectivity index (χ2n) is 9.68. The van der Waals surface area contributed by atoms with E-state index in [1.54, 1.807) is 9.58 Å². The number of carbonyl (C=O) groups excluding carboxylic acids is 1. The first kappa shape index (κ1) is 22.7. The number of aromatic amines is 2. The third-order valence-electron chi connectivity index (χ3n) is 6.94. The van der Waals surface area contributed by atoms with Gasteiger partial charge in [-0.1, -0.05) is 12.1 Å². The van der Waals surface area contributed by atoms with Gasteiger partial charge in [-0.25, -0.2) is 9.78 Å². The quantitative estimate of drug-likeness (QED) is 0.595. The van der Waals surface area contributed by atoms with Crippen molar-refractivity contribution in [1.29, 1.82) is 0 Å². The lowest BCUT2D eigenvalue weighted by molar-refractivity contribution is 0.0661. The van der Waals surface area contributed by atoms with Crippen molar-refractivity contribution in [2.45, 2.75) is 58.0 Å². The van der Waals surface area contributed by atoms with Crippen LogP contribution in [-0.4, -0.2) is 63.1 Å². The fraction of sp³-hybridized carbons (Fsp3) is 0.560. The Morgan fingerprint density at radius 1 is 1.18 bits per heavy atom. The first-order valence-electron chi connectivity index (χ1n) is 12.3. The van der Waals surface area contributed by atoms with Crippen molar-refractivity contribution in [2.24, 2.45) is 5.92 Å². The highest BCUT2D eigenvalue weighted by atomic mass is 16.6. The van der Waals surface area contributed by atoms with Gasteiger partial charge in [0.2, 0.25) is 5.95 Å². The monoisotopic (exact) mass is 467 g/mol. The number of piperidine rings is 1. The van der Waals surface area contributed by atoms with Gasteiger partial charge in [0.05, 0.1) is 17.1 Å². The van der Waals surface area contributed by atoms with Crippen molar-refractivity contribution < 1.29 is 14.3 Å². The molecule has 2 aromatic heterocycles. The molecule has 9 nitrogen and oxygen atoms in total. The zero-order valence-corrected chi connectivity index (χ0v) is 19.9. The molecule has 0 spiro atoms. The third-order valence-corrected chi connectivity index (χ3v) is 6.94. The molecule has 3 aromatic rings. The normalized spacial score (nSPS) is 18.1. The fourth-order valence-electron chi connectivity index (χ4n) is 5.08. The summed E-state index contributed by atoms with van der Waals surface area (Å²) >= 11 is 0. The Morgan fingerprint density at radius 3 is 2.62 bits per heavy atom. The number of para-hydroxylation sites is 2. The van der Waals surface area contributed by atoms with Gasteiger partial charge in [-0.2, -0.15) is 4.68 Å². The van der Waals surface area contributed by atoms with Gasteiger partial charge in [0.15, 0.2) is 0 Å². The molecule has 34 heavy (non-hydrogen) atoms. The van der Waals surface area contributed by atoms with Crippen LogP contribution >= 0.6 is 0 Å². The number of ether oxygens (including phenoxy) is 2. The summed E-state index contributed by atoms with van der Waals surface area (Å²) in [5, 5.41) is 3.41. The standard InChI is InChI=1S/C25H33N5O4/c1-16(2)34-25(32)29-11-7-18(8-12-29)22-19(15-17-9-13-33-14-10-17)23(31)30(28-22)24-26-20-5-3-4-6-21(20)27-24/h3-6,16-18,28H,7-15H2,1-2H3,(H,26,27). The Bertz CT molecular complexity index is 1160. The Hall–Kier alpha value is -3.07. The van der Waals surface area contributed by atoms with Crippen molar-refractivity contribution in [3.63, 3.8) is 0 Å². The number of aromatic nitrogens is 4. The summed E-state index contributed by atoms with van der Waals surface area (Å²) in [4.78, 5) is 35.6. The topological polar surface area (TPSA) is 105 Å². The molecule has 9 heteroatoms. The number of hydrogen-bond donors (Lipinski definition) is 2. The third kappa shape index (κ3) is 4.61. The molecular weight excluding hydrogens is 434 g/mol. The predicted octanol–water partition coefficient (Wildman–Crippen LogP) is 3.74. The number of fused-ring (bicyclic) bond motifs is 1. The van der Waals surface area contributed by atoms with Gasteiger partial charge in [-0.05, 0) is 64.0 Å². The minimum atomic E-state index is -0.260.